The maximum absolute atomic E-state index is 3.63. The Bertz CT molecular complexity index is 1050. The van der Waals surface area contributed by atoms with Crippen molar-refractivity contribution in [3.63, 3.8) is 0 Å². The standard InChI is InChI=1S/C24H19Br/c25-18-7-3-6-17(15-18)20-9-4-10-21-23(20)14-13-22-19-8-2-1-5-16(19)11-12-24(21)22/h1-3,5-8,10-12,15H,4,9,13-14H2. The van der Waals surface area contributed by atoms with Crippen LogP contribution in [-0.2, 0) is 6.42 Å². The van der Waals surface area contributed by atoms with Crippen molar-refractivity contribution in [2.75, 3.05) is 0 Å². The lowest BCUT2D eigenvalue weighted by Crippen LogP contribution is -2.10. The van der Waals surface area contributed by atoms with Crippen LogP contribution in [0.25, 0.3) is 21.9 Å². The van der Waals surface area contributed by atoms with E-state index in [9.17, 15) is 0 Å². The first-order valence-electron chi connectivity index (χ1n) is 9.01. The van der Waals surface area contributed by atoms with Crippen LogP contribution >= 0.6 is 15.9 Å². The van der Waals surface area contributed by atoms with E-state index in [0.29, 0.717) is 0 Å². The molecule has 0 nitrogen and oxygen atoms in total. The minimum absolute atomic E-state index is 1.13. The Morgan fingerprint density at radius 2 is 1.68 bits per heavy atom. The molecule has 0 fully saturated rings. The number of hydrogen-bond donors (Lipinski definition) is 0. The fourth-order valence-electron chi connectivity index (χ4n) is 4.46. The molecule has 2 aliphatic carbocycles. The predicted octanol–water partition coefficient (Wildman–Crippen LogP) is 7.18. The van der Waals surface area contributed by atoms with E-state index in [2.05, 4.69) is 82.7 Å². The normalized spacial score (nSPS) is 16.4. The van der Waals surface area contributed by atoms with E-state index in [4.69, 9.17) is 0 Å². The van der Waals surface area contributed by atoms with Gasteiger partial charge in [0.25, 0.3) is 0 Å². The molecule has 5 rings (SSSR count). The highest BCUT2D eigenvalue weighted by Crippen LogP contribution is 2.45. The molecular formula is C24H19Br. The number of benzene rings is 3. The van der Waals surface area contributed by atoms with Gasteiger partial charge in [-0.25, -0.2) is 0 Å². The van der Waals surface area contributed by atoms with Gasteiger partial charge in [-0.2, -0.15) is 0 Å². The van der Waals surface area contributed by atoms with Gasteiger partial charge >= 0.3 is 0 Å². The monoisotopic (exact) mass is 386 g/mol. The van der Waals surface area contributed by atoms with Crippen LogP contribution in [0.5, 0.6) is 0 Å². The summed E-state index contributed by atoms with van der Waals surface area (Å²) in [5, 5.41) is 2.78. The summed E-state index contributed by atoms with van der Waals surface area (Å²) >= 11 is 3.63. The van der Waals surface area contributed by atoms with Crippen molar-refractivity contribution in [2.24, 2.45) is 0 Å². The van der Waals surface area contributed by atoms with Crippen LogP contribution in [0.1, 0.15) is 36.0 Å². The second-order valence-corrected chi connectivity index (χ2v) is 7.85. The van der Waals surface area contributed by atoms with Gasteiger partial charge < -0.3 is 0 Å². The summed E-state index contributed by atoms with van der Waals surface area (Å²) in [4.78, 5) is 0. The average molecular weight is 387 g/mol. The van der Waals surface area contributed by atoms with Crippen molar-refractivity contribution >= 4 is 37.8 Å². The molecule has 0 radical (unpaired) electrons. The van der Waals surface area contributed by atoms with Gasteiger partial charge in [0.15, 0.2) is 0 Å². The van der Waals surface area contributed by atoms with Crippen LogP contribution in [0.4, 0.5) is 0 Å². The van der Waals surface area contributed by atoms with Crippen molar-refractivity contribution in [1.82, 2.24) is 0 Å². The number of rotatable bonds is 1. The molecule has 1 heteroatoms. The number of aryl methyl sites for hydroxylation is 1. The lowest BCUT2D eigenvalue weighted by atomic mass is 9.75. The van der Waals surface area contributed by atoms with E-state index in [1.807, 2.05) is 0 Å². The van der Waals surface area contributed by atoms with Crippen molar-refractivity contribution in [3.05, 3.63) is 93.5 Å². The molecule has 0 N–H and O–H groups in total. The van der Waals surface area contributed by atoms with Gasteiger partial charge in [0.2, 0.25) is 0 Å². The minimum Gasteiger partial charge on any atom is -0.0760 e. The van der Waals surface area contributed by atoms with Crippen molar-refractivity contribution in [2.45, 2.75) is 25.7 Å². The number of fused-ring (bicyclic) bond motifs is 5. The summed E-state index contributed by atoms with van der Waals surface area (Å²) < 4.78 is 1.16. The van der Waals surface area contributed by atoms with Gasteiger partial charge in [0.05, 0.1) is 0 Å². The molecule has 0 saturated heterocycles. The van der Waals surface area contributed by atoms with Gasteiger partial charge in [0.1, 0.15) is 0 Å². The zero-order valence-electron chi connectivity index (χ0n) is 14.1. The van der Waals surface area contributed by atoms with Crippen molar-refractivity contribution < 1.29 is 0 Å². The Kier molecular flexibility index (Phi) is 3.64. The van der Waals surface area contributed by atoms with Crippen LogP contribution in [0.3, 0.4) is 0 Å². The Hall–Kier alpha value is -2.12. The lowest BCUT2D eigenvalue weighted by molar-refractivity contribution is 0.917. The zero-order valence-corrected chi connectivity index (χ0v) is 15.6. The highest BCUT2D eigenvalue weighted by atomic mass is 79.9. The van der Waals surface area contributed by atoms with Gasteiger partial charge in [-0.05, 0) is 82.0 Å². The van der Waals surface area contributed by atoms with Crippen molar-refractivity contribution in [1.29, 1.82) is 0 Å². The first-order valence-corrected chi connectivity index (χ1v) is 9.80. The third-order valence-electron chi connectivity index (χ3n) is 5.56. The first-order chi connectivity index (χ1) is 12.3. The fraction of sp³-hybridized carbons (Fsp3) is 0.167. The molecule has 0 atom stereocenters. The quantitative estimate of drug-likeness (QED) is 0.415. The maximum Gasteiger partial charge on any atom is 0.0181 e. The highest BCUT2D eigenvalue weighted by Gasteiger charge is 2.25. The lowest BCUT2D eigenvalue weighted by Gasteiger charge is -2.29. The molecule has 0 spiro atoms. The molecule has 3 aromatic rings. The van der Waals surface area contributed by atoms with Crippen LogP contribution in [0.2, 0.25) is 0 Å². The molecule has 0 aromatic heterocycles. The molecule has 122 valence electrons. The number of hydrogen-bond acceptors (Lipinski definition) is 0. The highest BCUT2D eigenvalue weighted by molar-refractivity contribution is 9.10. The smallest absolute Gasteiger partial charge is 0.0181 e. The van der Waals surface area contributed by atoms with E-state index < -0.39 is 0 Å². The molecule has 0 bridgehead atoms. The Balaban J connectivity index is 1.70. The minimum atomic E-state index is 1.13. The average Bonchev–Trinajstić information content (AvgIpc) is 2.67. The predicted molar refractivity (Wildman–Crippen MR) is 111 cm³/mol. The maximum atomic E-state index is 3.63. The van der Waals surface area contributed by atoms with E-state index in [1.165, 1.54) is 38.6 Å². The summed E-state index contributed by atoms with van der Waals surface area (Å²) in [5.74, 6) is 0. The third kappa shape index (κ3) is 2.49. The molecule has 0 amide bonds. The van der Waals surface area contributed by atoms with E-state index in [-0.39, 0.29) is 0 Å². The molecule has 25 heavy (non-hydrogen) atoms. The van der Waals surface area contributed by atoms with Crippen LogP contribution in [-0.4, -0.2) is 0 Å². The molecule has 3 aromatic carbocycles. The summed E-state index contributed by atoms with van der Waals surface area (Å²) in [6, 6.07) is 22.2. The fourth-order valence-corrected chi connectivity index (χ4v) is 4.86. The molecule has 0 unspecified atom stereocenters. The Morgan fingerprint density at radius 1 is 0.760 bits per heavy atom. The number of halogens is 1. The molecule has 0 heterocycles. The second-order valence-electron chi connectivity index (χ2n) is 6.94. The molecule has 0 aliphatic heterocycles. The zero-order chi connectivity index (χ0) is 16.8. The van der Waals surface area contributed by atoms with Gasteiger partial charge in [-0.15, -0.1) is 0 Å². The first kappa shape index (κ1) is 15.2. The van der Waals surface area contributed by atoms with Gasteiger partial charge in [-0.3, -0.25) is 0 Å². The van der Waals surface area contributed by atoms with Crippen LogP contribution in [0.15, 0.2) is 76.8 Å². The van der Waals surface area contributed by atoms with Gasteiger partial charge in [-0.1, -0.05) is 70.5 Å². The molecule has 2 aliphatic rings. The Morgan fingerprint density at radius 3 is 2.60 bits per heavy atom. The Labute approximate surface area is 157 Å². The summed E-state index contributed by atoms with van der Waals surface area (Å²) in [6.07, 6.45) is 7.03. The molecular weight excluding hydrogens is 368 g/mol. The number of allylic oxidation sites excluding steroid dienone is 4. The second kappa shape index (κ2) is 6.00. The summed E-state index contributed by atoms with van der Waals surface area (Å²) in [5.41, 5.74) is 8.94. The van der Waals surface area contributed by atoms with Crippen LogP contribution < -0.4 is 0 Å². The van der Waals surface area contributed by atoms with E-state index >= 15 is 0 Å². The third-order valence-corrected chi connectivity index (χ3v) is 6.05. The summed E-state index contributed by atoms with van der Waals surface area (Å²) in [6.45, 7) is 0. The van der Waals surface area contributed by atoms with Crippen molar-refractivity contribution in [3.8, 4) is 0 Å². The topological polar surface area (TPSA) is 0 Å². The van der Waals surface area contributed by atoms with E-state index in [1.54, 1.807) is 5.57 Å². The van der Waals surface area contributed by atoms with Crippen LogP contribution in [0, 0.1) is 0 Å². The molecule has 0 saturated carbocycles. The van der Waals surface area contributed by atoms with Gasteiger partial charge in [0, 0.05) is 4.47 Å². The SMILES string of the molecule is Brc1cccc(C2=C3CCc4c(ccc5ccccc45)C3=CCC2)c1. The summed E-state index contributed by atoms with van der Waals surface area (Å²) in [7, 11) is 0. The largest absolute Gasteiger partial charge is 0.0760 e. The van der Waals surface area contributed by atoms with E-state index in [0.717, 1.165) is 30.2 Å².